The van der Waals surface area contributed by atoms with Crippen LogP contribution in [0.25, 0.3) is 0 Å². The number of sulfone groups is 1. The predicted molar refractivity (Wildman–Crippen MR) is 87.8 cm³/mol. The summed E-state index contributed by atoms with van der Waals surface area (Å²) in [5.41, 5.74) is 6.84. The Hall–Kier alpha value is -1.11. The number of hydrogen-bond donors (Lipinski definition) is 2. The first-order valence-electron chi connectivity index (χ1n) is 6.72. The SMILES string of the molecule is O=S(=O)(c1ccc(Cl)cc1)C1CNNC1c1ccc(Cl)cc1. The Morgan fingerprint density at radius 2 is 1.45 bits per heavy atom. The minimum atomic E-state index is -3.48. The van der Waals surface area contributed by atoms with E-state index >= 15 is 0 Å². The van der Waals surface area contributed by atoms with E-state index in [2.05, 4.69) is 10.9 Å². The highest BCUT2D eigenvalue weighted by atomic mass is 35.5. The standard InChI is InChI=1S/C15H14Cl2N2O2S/c16-11-3-1-10(2-4-11)15-14(9-18-19-15)22(20,21)13-7-5-12(17)6-8-13/h1-8,14-15,18-19H,9H2. The van der Waals surface area contributed by atoms with E-state index in [4.69, 9.17) is 23.2 Å². The molecule has 0 bridgehead atoms. The van der Waals surface area contributed by atoms with Crippen LogP contribution in [0, 0.1) is 0 Å². The Balaban J connectivity index is 1.95. The monoisotopic (exact) mass is 356 g/mol. The molecule has 116 valence electrons. The number of halogens is 2. The van der Waals surface area contributed by atoms with Gasteiger partial charge in [0.15, 0.2) is 9.84 Å². The van der Waals surface area contributed by atoms with Gasteiger partial charge in [-0.1, -0.05) is 35.3 Å². The Bertz CT molecular complexity index is 761. The minimum Gasteiger partial charge on any atom is -0.256 e. The first kappa shape index (κ1) is 15.8. The molecule has 2 aromatic carbocycles. The Morgan fingerprint density at radius 1 is 0.909 bits per heavy atom. The molecule has 0 saturated carbocycles. The van der Waals surface area contributed by atoms with E-state index < -0.39 is 15.1 Å². The second-order valence-electron chi connectivity index (χ2n) is 5.09. The van der Waals surface area contributed by atoms with Gasteiger partial charge in [-0.05, 0) is 42.0 Å². The fourth-order valence-electron chi connectivity index (χ4n) is 2.54. The van der Waals surface area contributed by atoms with E-state index in [1.165, 1.54) is 12.1 Å². The van der Waals surface area contributed by atoms with E-state index in [0.29, 0.717) is 16.6 Å². The molecule has 2 atom stereocenters. The molecule has 2 N–H and O–H groups in total. The van der Waals surface area contributed by atoms with Gasteiger partial charge in [0.05, 0.1) is 10.9 Å². The fraction of sp³-hybridized carbons (Fsp3) is 0.200. The zero-order chi connectivity index (χ0) is 15.7. The summed E-state index contributed by atoms with van der Waals surface area (Å²) in [6.45, 7) is 0.332. The van der Waals surface area contributed by atoms with Crippen molar-refractivity contribution < 1.29 is 8.42 Å². The molecule has 0 radical (unpaired) electrons. The summed E-state index contributed by atoms with van der Waals surface area (Å²) < 4.78 is 25.7. The van der Waals surface area contributed by atoms with Crippen molar-refractivity contribution in [3.63, 3.8) is 0 Å². The highest BCUT2D eigenvalue weighted by Gasteiger charge is 2.39. The number of hydrazine groups is 1. The Labute approximate surface area is 139 Å². The zero-order valence-electron chi connectivity index (χ0n) is 11.5. The van der Waals surface area contributed by atoms with Crippen molar-refractivity contribution in [2.75, 3.05) is 6.54 Å². The smallest absolute Gasteiger partial charge is 0.184 e. The van der Waals surface area contributed by atoms with Crippen molar-refractivity contribution in [2.24, 2.45) is 0 Å². The van der Waals surface area contributed by atoms with Crippen LogP contribution in [0.3, 0.4) is 0 Å². The Morgan fingerprint density at radius 3 is 2.05 bits per heavy atom. The third-order valence-electron chi connectivity index (χ3n) is 3.70. The van der Waals surface area contributed by atoms with Crippen LogP contribution in [0.1, 0.15) is 11.6 Å². The first-order valence-corrected chi connectivity index (χ1v) is 9.02. The highest BCUT2D eigenvalue weighted by molar-refractivity contribution is 7.92. The molecule has 22 heavy (non-hydrogen) atoms. The van der Waals surface area contributed by atoms with E-state index in [1.54, 1.807) is 24.3 Å². The van der Waals surface area contributed by atoms with Gasteiger partial charge in [0, 0.05) is 16.6 Å². The van der Waals surface area contributed by atoms with Gasteiger partial charge in [-0.3, -0.25) is 5.43 Å². The van der Waals surface area contributed by atoms with Gasteiger partial charge in [0.1, 0.15) is 5.25 Å². The topological polar surface area (TPSA) is 58.2 Å². The number of benzene rings is 2. The summed E-state index contributed by atoms with van der Waals surface area (Å²) in [4.78, 5) is 0.270. The van der Waals surface area contributed by atoms with Crippen LogP contribution in [0.5, 0.6) is 0 Å². The van der Waals surface area contributed by atoms with E-state index in [-0.39, 0.29) is 10.9 Å². The molecule has 1 heterocycles. The molecule has 0 amide bonds. The largest absolute Gasteiger partial charge is 0.256 e. The minimum absolute atomic E-state index is 0.270. The Kier molecular flexibility index (Phi) is 4.43. The molecule has 4 nitrogen and oxygen atoms in total. The van der Waals surface area contributed by atoms with Gasteiger partial charge >= 0.3 is 0 Å². The molecular weight excluding hydrogens is 343 g/mol. The van der Waals surface area contributed by atoms with Crippen molar-refractivity contribution in [3.8, 4) is 0 Å². The molecule has 1 aliphatic heterocycles. The third-order valence-corrected chi connectivity index (χ3v) is 6.37. The van der Waals surface area contributed by atoms with Gasteiger partial charge in [-0.2, -0.15) is 0 Å². The summed E-state index contributed by atoms with van der Waals surface area (Å²) >= 11 is 11.7. The van der Waals surface area contributed by atoms with E-state index in [1.807, 2.05) is 12.1 Å². The molecule has 7 heteroatoms. The number of rotatable bonds is 3. The van der Waals surface area contributed by atoms with Crippen molar-refractivity contribution in [3.05, 3.63) is 64.1 Å². The summed E-state index contributed by atoms with van der Waals surface area (Å²) in [6, 6.07) is 13.1. The molecule has 0 aliphatic carbocycles. The summed E-state index contributed by atoms with van der Waals surface area (Å²) in [5.74, 6) is 0. The molecule has 1 fully saturated rings. The van der Waals surface area contributed by atoms with Crippen molar-refractivity contribution >= 4 is 33.0 Å². The summed E-state index contributed by atoms with van der Waals surface area (Å²) in [5, 5.41) is 0.525. The molecular formula is C15H14Cl2N2O2S. The molecule has 0 aromatic heterocycles. The average molecular weight is 357 g/mol. The first-order chi connectivity index (χ1) is 10.5. The molecule has 3 rings (SSSR count). The van der Waals surface area contributed by atoms with Crippen LogP contribution >= 0.6 is 23.2 Å². The van der Waals surface area contributed by atoms with Gasteiger partial charge in [0.2, 0.25) is 0 Å². The predicted octanol–water partition coefficient (Wildman–Crippen LogP) is 2.98. The quantitative estimate of drug-likeness (QED) is 0.887. The lowest BCUT2D eigenvalue weighted by Crippen LogP contribution is -2.30. The molecule has 2 unspecified atom stereocenters. The number of nitrogens with one attached hydrogen (secondary N) is 2. The lowest BCUT2D eigenvalue weighted by Gasteiger charge is -2.19. The zero-order valence-corrected chi connectivity index (χ0v) is 13.8. The van der Waals surface area contributed by atoms with Gasteiger partial charge in [0.25, 0.3) is 0 Å². The summed E-state index contributed by atoms with van der Waals surface area (Å²) in [7, 11) is -3.48. The second kappa shape index (κ2) is 6.18. The lowest BCUT2D eigenvalue weighted by atomic mass is 10.1. The average Bonchev–Trinajstić information content (AvgIpc) is 2.99. The molecule has 2 aromatic rings. The van der Waals surface area contributed by atoms with E-state index in [9.17, 15) is 8.42 Å². The van der Waals surface area contributed by atoms with Crippen LogP contribution in [-0.2, 0) is 9.84 Å². The fourth-order valence-corrected chi connectivity index (χ4v) is 4.54. The van der Waals surface area contributed by atoms with Gasteiger partial charge < -0.3 is 0 Å². The van der Waals surface area contributed by atoms with Crippen LogP contribution < -0.4 is 10.9 Å². The van der Waals surface area contributed by atoms with Crippen LogP contribution in [0.4, 0.5) is 0 Å². The molecule has 1 saturated heterocycles. The van der Waals surface area contributed by atoms with E-state index in [0.717, 1.165) is 5.56 Å². The van der Waals surface area contributed by atoms with Gasteiger partial charge in [-0.25, -0.2) is 13.8 Å². The van der Waals surface area contributed by atoms with Crippen molar-refractivity contribution in [1.82, 2.24) is 10.9 Å². The van der Waals surface area contributed by atoms with Gasteiger partial charge in [-0.15, -0.1) is 0 Å². The van der Waals surface area contributed by atoms with Crippen LogP contribution in [-0.4, -0.2) is 20.2 Å². The van der Waals surface area contributed by atoms with Crippen molar-refractivity contribution in [1.29, 1.82) is 0 Å². The molecule has 1 aliphatic rings. The maximum absolute atomic E-state index is 12.8. The normalized spacial score (nSPS) is 21.9. The summed E-state index contributed by atoms with van der Waals surface area (Å²) in [6.07, 6.45) is 0. The van der Waals surface area contributed by atoms with Crippen LogP contribution in [0.2, 0.25) is 10.0 Å². The van der Waals surface area contributed by atoms with Crippen LogP contribution in [0.15, 0.2) is 53.4 Å². The van der Waals surface area contributed by atoms with Crippen molar-refractivity contribution in [2.45, 2.75) is 16.2 Å². The lowest BCUT2D eigenvalue weighted by molar-refractivity contribution is 0.553. The molecule has 0 spiro atoms. The maximum atomic E-state index is 12.8. The maximum Gasteiger partial charge on any atom is 0.184 e. The highest BCUT2D eigenvalue weighted by Crippen LogP contribution is 2.30. The number of hydrogen-bond acceptors (Lipinski definition) is 4. The third kappa shape index (κ3) is 3.00. The second-order valence-corrected chi connectivity index (χ2v) is 8.13.